The van der Waals surface area contributed by atoms with Gasteiger partial charge in [-0.25, -0.2) is 8.42 Å². The second-order valence-corrected chi connectivity index (χ2v) is 9.48. The summed E-state index contributed by atoms with van der Waals surface area (Å²) in [6.45, 7) is 0. The molecule has 1 saturated carbocycles. The molecule has 4 rings (SSSR count). The van der Waals surface area contributed by atoms with Crippen LogP contribution in [-0.2, 0) is 21.2 Å². The minimum Gasteiger partial charge on any atom is -0.480 e. The van der Waals surface area contributed by atoms with E-state index in [4.69, 9.17) is 0 Å². The van der Waals surface area contributed by atoms with Crippen molar-refractivity contribution in [2.75, 3.05) is 0 Å². The molecule has 3 aliphatic rings. The van der Waals surface area contributed by atoms with Crippen molar-refractivity contribution in [2.45, 2.75) is 68.3 Å². The van der Waals surface area contributed by atoms with Gasteiger partial charge in [0, 0.05) is 18.0 Å². The van der Waals surface area contributed by atoms with Crippen LogP contribution in [-0.4, -0.2) is 41.7 Å². The van der Waals surface area contributed by atoms with E-state index >= 15 is 0 Å². The Labute approximate surface area is 153 Å². The van der Waals surface area contributed by atoms with Gasteiger partial charge < -0.3 is 5.11 Å². The number of hydrogen-bond acceptors (Lipinski definition) is 4. The summed E-state index contributed by atoms with van der Waals surface area (Å²) in [7, 11) is -3.96. The molecule has 1 aromatic carbocycles. The van der Waals surface area contributed by atoms with Crippen LogP contribution in [0.15, 0.2) is 23.1 Å². The molecule has 1 heterocycles. The van der Waals surface area contributed by atoms with E-state index in [9.17, 15) is 23.1 Å². The van der Waals surface area contributed by atoms with Gasteiger partial charge in [0.25, 0.3) is 0 Å². The number of aryl methyl sites for hydroxylation is 1. The number of fused-ring (bicyclic) bond motifs is 2. The van der Waals surface area contributed by atoms with Crippen molar-refractivity contribution in [3.63, 3.8) is 0 Å². The standard InChI is InChI=1S/C19H23NO5S/c21-18-7-3-5-12-8-9-14(11-15(12)18)26(24,25)20-16-6-2-1-4-13(16)10-17(20)19(22)23/h8-9,11,13,16-17H,1-7,10H2,(H,22,23). The zero-order valence-electron chi connectivity index (χ0n) is 14.6. The summed E-state index contributed by atoms with van der Waals surface area (Å²) in [5, 5.41) is 9.61. The number of carbonyl (C=O) groups excluding carboxylic acids is 1. The van der Waals surface area contributed by atoms with Gasteiger partial charge in [0.1, 0.15) is 6.04 Å². The summed E-state index contributed by atoms with van der Waals surface area (Å²) >= 11 is 0. The number of carbonyl (C=O) groups is 2. The number of Topliss-reactive ketones (excluding diaryl/α,β-unsaturated/α-hetero) is 1. The molecule has 1 saturated heterocycles. The van der Waals surface area contributed by atoms with Crippen LogP contribution in [0.3, 0.4) is 0 Å². The monoisotopic (exact) mass is 377 g/mol. The molecule has 0 bridgehead atoms. The lowest BCUT2D eigenvalue weighted by molar-refractivity contribution is -0.141. The van der Waals surface area contributed by atoms with Crippen LogP contribution in [0.1, 0.15) is 60.9 Å². The Balaban J connectivity index is 1.76. The fraction of sp³-hybridized carbons (Fsp3) is 0.579. The molecule has 1 aromatic rings. The lowest BCUT2D eigenvalue weighted by Crippen LogP contribution is -2.46. The number of carboxylic acid groups (broad SMARTS) is 1. The summed E-state index contributed by atoms with van der Waals surface area (Å²) in [5.41, 5.74) is 1.36. The van der Waals surface area contributed by atoms with Crippen molar-refractivity contribution in [3.05, 3.63) is 29.3 Å². The first-order chi connectivity index (χ1) is 12.4. The van der Waals surface area contributed by atoms with Crippen molar-refractivity contribution >= 4 is 21.8 Å². The summed E-state index contributed by atoms with van der Waals surface area (Å²) in [6.07, 6.45) is 5.89. The van der Waals surface area contributed by atoms with Crippen LogP contribution < -0.4 is 0 Å². The average Bonchev–Trinajstić information content (AvgIpc) is 3.02. The topological polar surface area (TPSA) is 91.8 Å². The molecule has 6 nitrogen and oxygen atoms in total. The van der Waals surface area contributed by atoms with E-state index in [0.717, 1.165) is 37.7 Å². The van der Waals surface area contributed by atoms with E-state index in [1.54, 1.807) is 6.07 Å². The number of sulfonamides is 1. The molecule has 2 fully saturated rings. The highest BCUT2D eigenvalue weighted by molar-refractivity contribution is 7.89. The number of aliphatic carboxylic acids is 1. The summed E-state index contributed by atoms with van der Waals surface area (Å²) in [6, 6.07) is 3.44. The highest BCUT2D eigenvalue weighted by atomic mass is 32.2. The Bertz CT molecular complexity index is 863. The zero-order valence-corrected chi connectivity index (χ0v) is 15.4. The van der Waals surface area contributed by atoms with Gasteiger partial charge in [0.15, 0.2) is 5.78 Å². The van der Waals surface area contributed by atoms with Crippen molar-refractivity contribution < 1.29 is 23.1 Å². The van der Waals surface area contributed by atoms with Gasteiger partial charge in [-0.05, 0) is 55.7 Å². The highest BCUT2D eigenvalue weighted by Crippen LogP contribution is 2.43. The zero-order chi connectivity index (χ0) is 18.5. The van der Waals surface area contributed by atoms with Gasteiger partial charge in [-0.2, -0.15) is 4.31 Å². The number of carboxylic acids is 1. The molecular weight excluding hydrogens is 354 g/mol. The molecule has 2 aliphatic carbocycles. The van der Waals surface area contributed by atoms with E-state index in [1.165, 1.54) is 16.4 Å². The largest absolute Gasteiger partial charge is 0.480 e. The molecule has 1 N–H and O–H groups in total. The van der Waals surface area contributed by atoms with Gasteiger partial charge in [-0.3, -0.25) is 9.59 Å². The van der Waals surface area contributed by atoms with Crippen molar-refractivity contribution in [1.29, 1.82) is 0 Å². The molecule has 26 heavy (non-hydrogen) atoms. The van der Waals surface area contributed by atoms with Crippen LogP contribution >= 0.6 is 0 Å². The van der Waals surface area contributed by atoms with Crippen LogP contribution in [0.4, 0.5) is 0 Å². The smallest absolute Gasteiger partial charge is 0.322 e. The number of benzene rings is 1. The third-order valence-electron chi connectivity index (χ3n) is 6.12. The molecule has 7 heteroatoms. The highest BCUT2D eigenvalue weighted by Gasteiger charge is 2.51. The Morgan fingerprint density at radius 1 is 1.12 bits per heavy atom. The maximum Gasteiger partial charge on any atom is 0.322 e. The fourth-order valence-electron chi connectivity index (χ4n) is 4.86. The number of rotatable bonds is 3. The minimum atomic E-state index is -3.96. The normalized spacial score (nSPS) is 29.2. The Morgan fingerprint density at radius 2 is 1.88 bits per heavy atom. The lowest BCUT2D eigenvalue weighted by atomic mass is 9.85. The Hall–Kier alpha value is -1.73. The minimum absolute atomic E-state index is 0.0324. The average molecular weight is 377 g/mol. The second kappa shape index (κ2) is 6.46. The van der Waals surface area contributed by atoms with Gasteiger partial charge in [0.05, 0.1) is 4.90 Å². The molecule has 0 amide bonds. The predicted molar refractivity (Wildman–Crippen MR) is 94.5 cm³/mol. The molecule has 140 valence electrons. The third-order valence-corrected chi connectivity index (χ3v) is 8.05. The van der Waals surface area contributed by atoms with E-state index in [-0.39, 0.29) is 22.6 Å². The number of nitrogens with zero attached hydrogens (tertiary/aromatic N) is 1. The van der Waals surface area contributed by atoms with Crippen molar-refractivity contribution in [2.24, 2.45) is 5.92 Å². The third kappa shape index (κ3) is 2.77. The first kappa shape index (κ1) is 17.7. The van der Waals surface area contributed by atoms with E-state index in [0.29, 0.717) is 24.8 Å². The predicted octanol–water partition coefficient (Wildman–Crippen LogP) is 2.61. The van der Waals surface area contributed by atoms with Crippen LogP contribution in [0, 0.1) is 5.92 Å². The summed E-state index contributed by atoms with van der Waals surface area (Å²) < 4.78 is 27.9. The molecule has 3 unspecified atom stereocenters. The first-order valence-corrected chi connectivity index (χ1v) is 10.8. The van der Waals surface area contributed by atoms with Crippen LogP contribution in [0.5, 0.6) is 0 Å². The lowest BCUT2D eigenvalue weighted by Gasteiger charge is -2.32. The molecule has 0 radical (unpaired) electrons. The first-order valence-electron chi connectivity index (χ1n) is 9.32. The van der Waals surface area contributed by atoms with E-state index in [2.05, 4.69) is 0 Å². The Kier molecular flexibility index (Phi) is 4.39. The van der Waals surface area contributed by atoms with Gasteiger partial charge >= 0.3 is 5.97 Å². The van der Waals surface area contributed by atoms with E-state index < -0.39 is 22.0 Å². The molecular formula is C19H23NO5S. The summed E-state index contributed by atoms with van der Waals surface area (Å²) in [5.74, 6) is -1.01. The summed E-state index contributed by atoms with van der Waals surface area (Å²) in [4.78, 5) is 24.0. The maximum absolute atomic E-state index is 13.3. The quantitative estimate of drug-likeness (QED) is 0.874. The molecule has 0 spiro atoms. The second-order valence-electron chi connectivity index (χ2n) is 7.63. The fourth-order valence-corrected chi connectivity index (χ4v) is 6.76. The Morgan fingerprint density at radius 3 is 2.65 bits per heavy atom. The number of hydrogen-bond donors (Lipinski definition) is 1. The van der Waals surface area contributed by atoms with E-state index in [1.807, 2.05) is 0 Å². The SMILES string of the molecule is O=C1CCCc2ccc(S(=O)(=O)N3C(C(=O)O)CC4CCCCC43)cc21. The molecule has 1 aliphatic heterocycles. The van der Waals surface area contributed by atoms with Gasteiger partial charge in [-0.15, -0.1) is 0 Å². The maximum atomic E-state index is 13.3. The molecule has 3 atom stereocenters. The van der Waals surface area contributed by atoms with Gasteiger partial charge in [0.2, 0.25) is 10.0 Å². The molecule has 0 aromatic heterocycles. The van der Waals surface area contributed by atoms with Crippen LogP contribution in [0.2, 0.25) is 0 Å². The number of ketones is 1. The van der Waals surface area contributed by atoms with Crippen molar-refractivity contribution in [1.82, 2.24) is 4.31 Å². The van der Waals surface area contributed by atoms with Crippen molar-refractivity contribution in [3.8, 4) is 0 Å². The van der Waals surface area contributed by atoms with Crippen LogP contribution in [0.25, 0.3) is 0 Å². The van der Waals surface area contributed by atoms with Gasteiger partial charge in [-0.1, -0.05) is 18.9 Å².